The summed E-state index contributed by atoms with van der Waals surface area (Å²) >= 11 is 0. The number of aliphatic hydroxyl groups is 1. The predicted molar refractivity (Wildman–Crippen MR) is 201 cm³/mol. The molecule has 1 aromatic heterocycles. The van der Waals surface area contributed by atoms with Gasteiger partial charge in [0.25, 0.3) is 5.91 Å². The van der Waals surface area contributed by atoms with Gasteiger partial charge < -0.3 is 14.6 Å². The van der Waals surface area contributed by atoms with Crippen molar-refractivity contribution in [3.05, 3.63) is 132 Å². The Labute approximate surface area is 304 Å². The molecule has 5 aromatic rings. The highest BCUT2D eigenvalue weighted by atomic mass is 28.4. The molecule has 8 rings (SSSR count). The maximum Gasteiger partial charge on any atom is 0.268 e. The summed E-state index contributed by atoms with van der Waals surface area (Å²) in [4.78, 5) is 44.0. The monoisotopic (exact) mass is 713 g/mol. The van der Waals surface area contributed by atoms with E-state index in [1.54, 1.807) is 14.5 Å². The van der Waals surface area contributed by atoms with Gasteiger partial charge in [-0.3, -0.25) is 24.1 Å². The first-order chi connectivity index (χ1) is 25.1. The largest absolute Gasteiger partial charge is 0.432 e. The number of hydrogen-bond donors (Lipinski definition) is 2. The van der Waals surface area contributed by atoms with Crippen LogP contribution in [-0.2, 0) is 32.9 Å². The predicted octanol–water partition coefficient (Wildman–Crippen LogP) is 6.58. The summed E-state index contributed by atoms with van der Waals surface area (Å²) in [5.74, 6) is -0.889. The topological polar surface area (TPSA) is 121 Å². The molecule has 0 bridgehead atoms. The lowest BCUT2D eigenvalue weighted by Gasteiger charge is -2.33. The van der Waals surface area contributed by atoms with Crippen LogP contribution in [0.5, 0.6) is 0 Å². The van der Waals surface area contributed by atoms with Crippen molar-refractivity contribution >= 4 is 42.9 Å². The number of aromatic nitrogens is 3. The molecule has 52 heavy (non-hydrogen) atoms. The maximum atomic E-state index is 15.1. The molecule has 4 aromatic carbocycles. The van der Waals surface area contributed by atoms with Crippen LogP contribution in [0.3, 0.4) is 0 Å². The molecule has 3 aliphatic heterocycles. The third kappa shape index (κ3) is 5.59. The SMILES string of the molecule is C[C@H]1[C@H]([Si](C)(C)O)[C@@H](CCn2cc(C(CO)c3ccccc3)nn2)O[C@]12C(=O)N(c1ccccc1)c1ccc(N3C(=O)CCc4ccccc43)cc12. The standard InChI is InChI=1S/C41H43N5O5Si/c1-27-39(52(2,3)50)37(22-23-44-25-34(42-43-44)32(26-47)28-12-6-4-7-13-28)51-41(27)33-24-31(45-35-17-11-10-14-29(35)18-21-38(45)48)19-20-36(33)46(40(41)49)30-15-8-5-9-16-30/h4-17,19-20,24-25,27,32,37,39,47,50H,18,21-23,26H2,1-3H3/t27-,32?,37+,39-,41+/m0/s1. The molecule has 2 amide bonds. The molecule has 1 saturated heterocycles. The van der Waals surface area contributed by atoms with Crippen LogP contribution in [0.2, 0.25) is 18.6 Å². The first kappa shape index (κ1) is 34.2. The Bertz CT molecular complexity index is 2120. The molecule has 5 atom stereocenters. The van der Waals surface area contributed by atoms with E-state index in [-0.39, 0.29) is 35.8 Å². The normalized spacial score (nSPS) is 23.3. The molecule has 266 valence electrons. The molecule has 10 nitrogen and oxygen atoms in total. The van der Waals surface area contributed by atoms with Crippen LogP contribution in [0.15, 0.2) is 109 Å². The van der Waals surface area contributed by atoms with Crippen LogP contribution in [0.4, 0.5) is 22.7 Å². The van der Waals surface area contributed by atoms with Gasteiger partial charge in [0.05, 0.1) is 35.7 Å². The fraction of sp³-hybridized carbons (Fsp3) is 0.317. The second-order valence-electron chi connectivity index (χ2n) is 14.7. The summed E-state index contributed by atoms with van der Waals surface area (Å²) < 4.78 is 8.89. The number of carbonyl (C=O) groups is 2. The minimum atomic E-state index is -2.94. The van der Waals surface area contributed by atoms with Crippen LogP contribution in [0, 0.1) is 5.92 Å². The van der Waals surface area contributed by atoms with Gasteiger partial charge in [0.15, 0.2) is 13.9 Å². The lowest BCUT2D eigenvalue weighted by Crippen LogP contribution is -2.45. The van der Waals surface area contributed by atoms with Gasteiger partial charge in [0.2, 0.25) is 5.91 Å². The summed E-state index contributed by atoms with van der Waals surface area (Å²) in [6.07, 6.45) is 2.94. The zero-order valence-electron chi connectivity index (χ0n) is 29.6. The number of rotatable bonds is 9. The van der Waals surface area contributed by atoms with Crippen LogP contribution in [0.25, 0.3) is 0 Å². The molecule has 2 N–H and O–H groups in total. The highest BCUT2D eigenvalue weighted by molar-refractivity contribution is 6.71. The Morgan fingerprint density at radius 2 is 1.60 bits per heavy atom. The zero-order valence-corrected chi connectivity index (χ0v) is 30.6. The van der Waals surface area contributed by atoms with Crippen LogP contribution >= 0.6 is 0 Å². The molecule has 0 saturated carbocycles. The first-order valence-electron chi connectivity index (χ1n) is 18.0. The molecule has 3 aliphatic rings. The van der Waals surface area contributed by atoms with Gasteiger partial charge in [0, 0.05) is 47.6 Å². The van der Waals surface area contributed by atoms with E-state index in [0.717, 1.165) is 22.5 Å². The van der Waals surface area contributed by atoms with Crippen molar-refractivity contribution in [2.75, 3.05) is 16.4 Å². The van der Waals surface area contributed by atoms with Gasteiger partial charge in [-0.05, 0) is 73.5 Å². The molecule has 0 radical (unpaired) electrons. The van der Waals surface area contributed by atoms with Crippen LogP contribution in [0.1, 0.15) is 48.1 Å². The van der Waals surface area contributed by atoms with E-state index in [2.05, 4.69) is 16.4 Å². The summed E-state index contributed by atoms with van der Waals surface area (Å²) in [5, 5.41) is 19.0. The first-order valence-corrected chi connectivity index (χ1v) is 21.0. The van der Waals surface area contributed by atoms with Crippen molar-refractivity contribution in [2.24, 2.45) is 5.92 Å². The van der Waals surface area contributed by atoms with E-state index in [1.807, 2.05) is 123 Å². The summed E-state index contributed by atoms with van der Waals surface area (Å²) in [6.45, 7) is 6.20. The Morgan fingerprint density at radius 3 is 2.33 bits per heavy atom. The number of para-hydroxylation sites is 2. The minimum Gasteiger partial charge on any atom is -0.432 e. The summed E-state index contributed by atoms with van der Waals surface area (Å²) in [5.41, 5.74) is 4.69. The summed E-state index contributed by atoms with van der Waals surface area (Å²) in [7, 11) is -2.94. The fourth-order valence-electron chi connectivity index (χ4n) is 8.84. The van der Waals surface area contributed by atoms with Gasteiger partial charge in [-0.15, -0.1) is 5.10 Å². The van der Waals surface area contributed by atoms with Gasteiger partial charge in [-0.25, -0.2) is 0 Å². The van der Waals surface area contributed by atoms with E-state index in [0.29, 0.717) is 48.4 Å². The molecule has 1 fully saturated rings. The third-order valence-corrected chi connectivity index (χ3v) is 13.7. The Morgan fingerprint density at radius 1 is 0.885 bits per heavy atom. The van der Waals surface area contributed by atoms with Gasteiger partial charge >= 0.3 is 0 Å². The Balaban J connectivity index is 1.18. The molecule has 1 unspecified atom stereocenters. The molecule has 11 heteroatoms. The van der Waals surface area contributed by atoms with Crippen molar-refractivity contribution in [1.82, 2.24) is 15.0 Å². The number of carbonyl (C=O) groups excluding carboxylic acids is 2. The minimum absolute atomic E-state index is 0.000109. The number of ether oxygens (including phenoxy) is 1. The number of fused-ring (bicyclic) bond motifs is 3. The van der Waals surface area contributed by atoms with Crippen LogP contribution in [-0.4, -0.2) is 57.7 Å². The maximum absolute atomic E-state index is 15.1. The Kier molecular flexibility index (Phi) is 8.69. The van der Waals surface area contributed by atoms with E-state index in [9.17, 15) is 14.7 Å². The highest BCUT2D eigenvalue weighted by Gasteiger charge is 2.66. The second kappa shape index (κ2) is 13.2. The Hall–Kier alpha value is -4.94. The zero-order chi connectivity index (χ0) is 36.2. The highest BCUT2D eigenvalue weighted by Crippen LogP contribution is 2.61. The van der Waals surface area contributed by atoms with Crippen molar-refractivity contribution < 1.29 is 24.2 Å². The van der Waals surface area contributed by atoms with Gasteiger partial charge in [-0.1, -0.05) is 78.9 Å². The number of hydrogen-bond acceptors (Lipinski definition) is 7. The van der Waals surface area contributed by atoms with Gasteiger partial charge in [0.1, 0.15) is 0 Å². The lowest BCUT2D eigenvalue weighted by molar-refractivity contribution is -0.145. The quantitative estimate of drug-likeness (QED) is 0.166. The molecule has 0 aliphatic carbocycles. The fourth-order valence-corrected chi connectivity index (χ4v) is 11.4. The lowest BCUT2D eigenvalue weighted by atomic mass is 9.82. The third-order valence-electron chi connectivity index (χ3n) is 11.2. The van der Waals surface area contributed by atoms with Gasteiger partial charge in [-0.2, -0.15) is 0 Å². The number of nitrogens with zero attached hydrogens (tertiary/aromatic N) is 5. The van der Waals surface area contributed by atoms with Crippen molar-refractivity contribution in [1.29, 1.82) is 0 Å². The molecular formula is C41H43N5O5Si. The molecular weight excluding hydrogens is 671 g/mol. The molecule has 1 spiro atoms. The molecule has 4 heterocycles. The number of aliphatic hydroxyl groups excluding tert-OH is 1. The number of amides is 2. The van der Waals surface area contributed by atoms with Crippen molar-refractivity contribution in [3.8, 4) is 0 Å². The van der Waals surface area contributed by atoms with E-state index in [4.69, 9.17) is 4.74 Å². The smallest absolute Gasteiger partial charge is 0.268 e. The van der Waals surface area contributed by atoms with Crippen LogP contribution < -0.4 is 9.80 Å². The van der Waals surface area contributed by atoms with E-state index >= 15 is 4.79 Å². The second-order valence-corrected chi connectivity index (χ2v) is 18.7. The van der Waals surface area contributed by atoms with E-state index < -0.39 is 20.0 Å². The number of aryl methyl sites for hydroxylation is 2. The van der Waals surface area contributed by atoms with Crippen molar-refractivity contribution in [3.63, 3.8) is 0 Å². The summed E-state index contributed by atoms with van der Waals surface area (Å²) in [6, 6.07) is 33.0. The average Bonchev–Trinajstić information content (AvgIpc) is 3.81. The number of anilines is 4. The van der Waals surface area contributed by atoms with Crippen molar-refractivity contribution in [2.45, 2.75) is 69.0 Å². The number of benzene rings is 4. The average molecular weight is 714 g/mol. The van der Waals surface area contributed by atoms with E-state index in [1.165, 1.54) is 0 Å².